The predicted octanol–water partition coefficient (Wildman–Crippen LogP) is 3.09. The first-order valence-corrected chi connectivity index (χ1v) is 5.47. The number of hydrogen-bond donors (Lipinski definition) is 0. The van der Waals surface area contributed by atoms with Crippen LogP contribution in [-0.2, 0) is 4.84 Å². The highest BCUT2D eigenvalue weighted by Gasteiger charge is 2.41. The topological polar surface area (TPSA) is 9.23 Å². The van der Waals surface area contributed by atoms with Gasteiger partial charge in [0, 0.05) is 5.41 Å². The Morgan fingerprint density at radius 2 is 1.43 bits per heavy atom. The second-order valence-electron chi connectivity index (χ2n) is 6.04. The van der Waals surface area contributed by atoms with Crippen molar-refractivity contribution in [3.63, 3.8) is 0 Å². The summed E-state index contributed by atoms with van der Waals surface area (Å²) in [6.45, 7) is 12.6. The summed E-state index contributed by atoms with van der Waals surface area (Å²) in [4.78, 5) is 5.45. The van der Waals surface area contributed by atoms with Gasteiger partial charge in [0.05, 0.1) is 21.2 Å². The average molecular weight is 202 g/mol. The zero-order valence-electron chi connectivity index (χ0n) is 11.3. The van der Waals surface area contributed by atoms with Gasteiger partial charge in [-0.1, -0.05) is 41.0 Å². The van der Waals surface area contributed by atoms with E-state index in [9.17, 15) is 0 Å². The molecule has 0 fully saturated rings. The first kappa shape index (κ1) is 13.9. The Kier molecular flexibility index (Phi) is 4.17. The first-order chi connectivity index (χ1) is 6.08. The van der Waals surface area contributed by atoms with Gasteiger partial charge >= 0.3 is 0 Å². The maximum Gasteiger partial charge on any atom is 0.114 e. The molecule has 0 heterocycles. The van der Waals surface area contributed by atoms with Crippen molar-refractivity contribution in [1.29, 1.82) is 0 Å². The molecule has 0 saturated carbocycles. The second kappa shape index (κ2) is 4.19. The van der Waals surface area contributed by atoms with E-state index in [1.807, 2.05) is 0 Å². The summed E-state index contributed by atoms with van der Waals surface area (Å²) in [5.74, 6) is 0. The molecule has 0 saturated heterocycles. The van der Waals surface area contributed by atoms with Crippen LogP contribution in [0.15, 0.2) is 0 Å². The lowest BCUT2D eigenvalue weighted by Crippen LogP contribution is -2.50. The summed E-state index contributed by atoms with van der Waals surface area (Å²) < 4.78 is 0.621. The number of rotatable bonds is 5. The van der Waals surface area contributed by atoms with Crippen molar-refractivity contribution < 1.29 is 9.48 Å². The number of hydroxylamine groups is 3. The van der Waals surface area contributed by atoms with Crippen molar-refractivity contribution >= 4 is 0 Å². The largest absolute Gasteiger partial charge is 0.207 e. The maximum atomic E-state index is 5.45. The molecule has 0 aromatic rings. The van der Waals surface area contributed by atoms with Crippen molar-refractivity contribution in [2.24, 2.45) is 10.8 Å². The van der Waals surface area contributed by atoms with E-state index in [1.54, 1.807) is 7.11 Å². The second-order valence-corrected chi connectivity index (χ2v) is 6.04. The van der Waals surface area contributed by atoms with E-state index in [0.29, 0.717) is 10.1 Å². The normalized spacial score (nSPS) is 14.6. The number of nitrogens with zero attached hydrogens (tertiary/aromatic N) is 1. The molecule has 0 aliphatic carbocycles. The Morgan fingerprint density at radius 3 is 1.71 bits per heavy atom. The molecule has 0 spiro atoms. The van der Waals surface area contributed by atoms with E-state index >= 15 is 0 Å². The molecule has 0 N–H and O–H groups in total. The fourth-order valence-corrected chi connectivity index (χ4v) is 1.71. The van der Waals surface area contributed by atoms with Gasteiger partial charge in [0.2, 0.25) is 0 Å². The Labute approximate surface area is 89.8 Å². The Balaban J connectivity index is 4.64. The lowest BCUT2D eigenvalue weighted by Gasteiger charge is -2.44. The van der Waals surface area contributed by atoms with Crippen LogP contribution in [0.2, 0.25) is 0 Å². The highest BCUT2D eigenvalue weighted by molar-refractivity contribution is 4.84. The first-order valence-electron chi connectivity index (χ1n) is 5.47. The molecule has 0 aromatic heterocycles. The lowest BCUT2D eigenvalue weighted by molar-refractivity contribution is -1.08. The van der Waals surface area contributed by atoms with Crippen LogP contribution < -0.4 is 0 Å². The molecular formula is C12H28NO+. The third kappa shape index (κ3) is 3.25. The molecule has 2 heteroatoms. The summed E-state index contributed by atoms with van der Waals surface area (Å²) in [6, 6.07) is 0. The standard InChI is InChI=1S/C12H28NO/c1-9-11(2,3)12(4,5)10-13(6,7)14-8/h9-10H2,1-8H3/q+1. The molecule has 0 rings (SSSR count). The molecule has 14 heavy (non-hydrogen) atoms. The average Bonchev–Trinajstić information content (AvgIpc) is 2.02. The third-order valence-electron chi connectivity index (χ3n) is 3.99. The molecular weight excluding hydrogens is 174 g/mol. The molecule has 0 bridgehead atoms. The SMILES string of the molecule is CCC(C)(C)C(C)(C)C[N+](C)(C)OC. The van der Waals surface area contributed by atoms with Gasteiger partial charge < -0.3 is 0 Å². The molecule has 0 aliphatic heterocycles. The minimum absolute atomic E-state index is 0.279. The molecule has 2 nitrogen and oxygen atoms in total. The summed E-state index contributed by atoms with van der Waals surface area (Å²) >= 11 is 0. The van der Waals surface area contributed by atoms with Crippen LogP contribution >= 0.6 is 0 Å². The number of hydrogen-bond acceptors (Lipinski definition) is 1. The van der Waals surface area contributed by atoms with Gasteiger partial charge in [0.25, 0.3) is 0 Å². The smallest absolute Gasteiger partial charge is 0.114 e. The monoisotopic (exact) mass is 202 g/mol. The van der Waals surface area contributed by atoms with Crippen LogP contribution in [0.3, 0.4) is 0 Å². The van der Waals surface area contributed by atoms with E-state index in [-0.39, 0.29) is 5.41 Å². The van der Waals surface area contributed by atoms with Crippen LogP contribution in [0, 0.1) is 10.8 Å². The van der Waals surface area contributed by atoms with E-state index in [4.69, 9.17) is 4.84 Å². The van der Waals surface area contributed by atoms with Gasteiger partial charge in [-0.25, -0.2) is 4.84 Å². The molecule has 0 atom stereocenters. The minimum atomic E-state index is 0.279. The van der Waals surface area contributed by atoms with E-state index in [1.165, 1.54) is 6.42 Å². The lowest BCUT2D eigenvalue weighted by atomic mass is 9.66. The van der Waals surface area contributed by atoms with Crippen molar-refractivity contribution in [3.05, 3.63) is 0 Å². The molecule has 86 valence electrons. The van der Waals surface area contributed by atoms with Crippen molar-refractivity contribution in [2.45, 2.75) is 41.0 Å². The maximum absolute atomic E-state index is 5.45. The highest BCUT2D eigenvalue weighted by Crippen LogP contribution is 2.42. The summed E-state index contributed by atoms with van der Waals surface area (Å²) in [5.41, 5.74) is 0.627. The third-order valence-corrected chi connectivity index (χ3v) is 3.99. The van der Waals surface area contributed by atoms with Gasteiger partial charge in [-0.2, -0.15) is 4.65 Å². The van der Waals surface area contributed by atoms with Crippen molar-refractivity contribution in [3.8, 4) is 0 Å². The Bertz CT molecular complexity index is 183. The minimum Gasteiger partial charge on any atom is -0.207 e. The fraction of sp³-hybridized carbons (Fsp3) is 1.00. The van der Waals surface area contributed by atoms with Crippen LogP contribution in [0.25, 0.3) is 0 Å². The van der Waals surface area contributed by atoms with E-state index < -0.39 is 0 Å². The quantitative estimate of drug-likeness (QED) is 0.492. The van der Waals surface area contributed by atoms with E-state index in [2.05, 4.69) is 48.7 Å². The molecule has 0 amide bonds. The Hall–Kier alpha value is -0.0800. The van der Waals surface area contributed by atoms with Crippen LogP contribution in [0.1, 0.15) is 41.0 Å². The molecule has 0 unspecified atom stereocenters. The van der Waals surface area contributed by atoms with Gasteiger partial charge in [0.1, 0.15) is 6.54 Å². The van der Waals surface area contributed by atoms with Gasteiger partial charge in [-0.3, -0.25) is 0 Å². The summed E-state index contributed by atoms with van der Waals surface area (Å²) in [7, 11) is 5.98. The van der Waals surface area contributed by atoms with Crippen LogP contribution in [0.5, 0.6) is 0 Å². The van der Waals surface area contributed by atoms with Gasteiger partial charge in [-0.15, -0.1) is 0 Å². The zero-order valence-corrected chi connectivity index (χ0v) is 11.3. The predicted molar refractivity (Wildman–Crippen MR) is 61.8 cm³/mol. The summed E-state index contributed by atoms with van der Waals surface area (Å²) in [5, 5.41) is 0. The molecule has 0 radical (unpaired) electrons. The fourth-order valence-electron chi connectivity index (χ4n) is 1.71. The summed E-state index contributed by atoms with van der Waals surface area (Å²) in [6.07, 6.45) is 1.20. The number of quaternary nitrogens is 1. The van der Waals surface area contributed by atoms with E-state index in [0.717, 1.165) is 6.54 Å². The van der Waals surface area contributed by atoms with Crippen LogP contribution in [0.4, 0.5) is 0 Å². The molecule has 0 aliphatic rings. The van der Waals surface area contributed by atoms with Gasteiger partial charge in [0.15, 0.2) is 0 Å². The Morgan fingerprint density at radius 1 is 1.00 bits per heavy atom. The zero-order chi connectivity index (χ0) is 11.6. The highest BCUT2D eigenvalue weighted by atomic mass is 16.7. The van der Waals surface area contributed by atoms with Crippen molar-refractivity contribution in [1.82, 2.24) is 0 Å². The van der Waals surface area contributed by atoms with Gasteiger partial charge in [-0.05, 0) is 5.41 Å². The van der Waals surface area contributed by atoms with Crippen LogP contribution in [-0.4, -0.2) is 32.4 Å². The van der Waals surface area contributed by atoms with Crippen molar-refractivity contribution in [2.75, 3.05) is 27.7 Å². The molecule has 0 aromatic carbocycles.